The van der Waals surface area contributed by atoms with Gasteiger partial charge in [-0.25, -0.2) is 4.79 Å². The summed E-state index contributed by atoms with van der Waals surface area (Å²) < 4.78 is 10.3. The second kappa shape index (κ2) is 10.9. The van der Waals surface area contributed by atoms with Gasteiger partial charge in [0, 0.05) is 24.2 Å². The van der Waals surface area contributed by atoms with Crippen molar-refractivity contribution in [3.63, 3.8) is 0 Å². The molecule has 1 atom stereocenters. The monoisotopic (exact) mass is 517 g/mol. The normalized spacial score (nSPS) is 13.1. The number of nitrogens with zero attached hydrogens (tertiary/aromatic N) is 2. The number of carbonyl (C=O) groups excluding carboxylic acids is 4. The van der Waals surface area contributed by atoms with E-state index in [-0.39, 0.29) is 34.7 Å². The molecule has 3 aromatic rings. The molecule has 0 saturated carbocycles. The Labute approximate surface area is 217 Å². The summed E-state index contributed by atoms with van der Waals surface area (Å²) in [7, 11) is 1.26. The number of imide groups is 1. The number of hydrogen-bond donors (Lipinski definition) is 1. The van der Waals surface area contributed by atoms with Gasteiger partial charge in [0.15, 0.2) is 12.4 Å². The minimum absolute atomic E-state index is 0.00851. The SMILES string of the molecule is COc1cc(NC(=O)COC(=O)[C@H](Cc2ccccc2)N2C(=O)c3ccccc3C2=O)c(C)cc1[N+](=O)[O-]. The molecule has 4 rings (SSSR count). The summed E-state index contributed by atoms with van der Waals surface area (Å²) in [6.45, 7) is 0.845. The first-order valence-electron chi connectivity index (χ1n) is 11.5. The van der Waals surface area contributed by atoms with Crippen molar-refractivity contribution in [3.8, 4) is 5.75 Å². The quantitative estimate of drug-likeness (QED) is 0.197. The molecule has 0 bridgehead atoms. The number of benzene rings is 3. The molecular formula is C27H23N3O8. The Balaban J connectivity index is 1.51. The van der Waals surface area contributed by atoms with E-state index in [9.17, 15) is 29.3 Å². The Bertz CT molecular complexity index is 1400. The summed E-state index contributed by atoms with van der Waals surface area (Å²) in [4.78, 5) is 63.3. The van der Waals surface area contributed by atoms with Crippen LogP contribution in [0, 0.1) is 17.0 Å². The number of nitro benzene ring substituents is 1. The molecule has 38 heavy (non-hydrogen) atoms. The second-order valence-corrected chi connectivity index (χ2v) is 8.48. The highest BCUT2D eigenvalue weighted by Gasteiger charge is 2.43. The molecule has 11 nitrogen and oxygen atoms in total. The largest absolute Gasteiger partial charge is 0.490 e. The number of rotatable bonds is 9. The number of esters is 1. The van der Waals surface area contributed by atoms with Gasteiger partial charge < -0.3 is 14.8 Å². The van der Waals surface area contributed by atoms with Crippen LogP contribution in [0.3, 0.4) is 0 Å². The maximum absolute atomic E-state index is 13.2. The van der Waals surface area contributed by atoms with Crippen molar-refractivity contribution in [3.05, 3.63) is 99.1 Å². The van der Waals surface area contributed by atoms with Crippen LogP contribution in [0.15, 0.2) is 66.7 Å². The third-order valence-corrected chi connectivity index (χ3v) is 6.02. The number of nitrogens with one attached hydrogen (secondary N) is 1. The molecule has 0 unspecified atom stereocenters. The van der Waals surface area contributed by atoms with E-state index < -0.39 is 41.3 Å². The fourth-order valence-electron chi connectivity index (χ4n) is 4.14. The summed E-state index contributed by atoms with van der Waals surface area (Å²) in [5.74, 6) is -2.96. The highest BCUT2D eigenvalue weighted by Crippen LogP contribution is 2.33. The lowest BCUT2D eigenvalue weighted by atomic mass is 10.0. The molecule has 194 valence electrons. The number of amides is 3. The van der Waals surface area contributed by atoms with Crippen molar-refractivity contribution in [2.45, 2.75) is 19.4 Å². The smallest absolute Gasteiger partial charge is 0.330 e. The van der Waals surface area contributed by atoms with Crippen molar-refractivity contribution < 1.29 is 33.6 Å². The fourth-order valence-corrected chi connectivity index (χ4v) is 4.14. The zero-order valence-electron chi connectivity index (χ0n) is 20.5. The predicted octanol–water partition coefficient (Wildman–Crippen LogP) is 3.30. The number of fused-ring (bicyclic) bond motifs is 1. The van der Waals surface area contributed by atoms with Gasteiger partial charge in [0.05, 0.1) is 23.2 Å². The number of methoxy groups -OCH3 is 1. The molecule has 0 aliphatic carbocycles. The van der Waals surface area contributed by atoms with E-state index in [1.807, 2.05) is 0 Å². The van der Waals surface area contributed by atoms with Gasteiger partial charge >= 0.3 is 11.7 Å². The van der Waals surface area contributed by atoms with Crippen LogP contribution in [0.5, 0.6) is 5.75 Å². The topological polar surface area (TPSA) is 145 Å². The number of ether oxygens (including phenoxy) is 2. The molecule has 3 aromatic carbocycles. The molecule has 3 amide bonds. The molecule has 0 radical (unpaired) electrons. The first-order valence-corrected chi connectivity index (χ1v) is 11.5. The molecule has 1 N–H and O–H groups in total. The maximum atomic E-state index is 13.2. The van der Waals surface area contributed by atoms with Crippen LogP contribution in [-0.2, 0) is 20.7 Å². The standard InChI is InChI=1S/C27H23N3O8/c1-16-12-21(30(35)36)23(37-2)14-20(16)28-24(31)15-38-27(34)22(13-17-8-4-3-5-9-17)29-25(32)18-10-6-7-11-19(18)26(29)33/h3-12,14,22H,13,15H2,1-2H3,(H,28,31)/t22-/m0/s1. The molecule has 0 saturated heterocycles. The van der Waals surface area contributed by atoms with Gasteiger partial charge in [-0.2, -0.15) is 0 Å². The highest BCUT2D eigenvalue weighted by molar-refractivity contribution is 6.22. The van der Waals surface area contributed by atoms with Crippen LogP contribution in [-0.4, -0.2) is 53.3 Å². The number of anilines is 1. The van der Waals surface area contributed by atoms with Crippen molar-refractivity contribution in [2.24, 2.45) is 0 Å². The molecular weight excluding hydrogens is 494 g/mol. The molecule has 11 heteroatoms. The predicted molar refractivity (Wildman–Crippen MR) is 135 cm³/mol. The third kappa shape index (κ3) is 5.21. The Morgan fingerprint density at radius 3 is 2.18 bits per heavy atom. The number of carbonyl (C=O) groups is 4. The first kappa shape index (κ1) is 26.0. The minimum atomic E-state index is -1.31. The highest BCUT2D eigenvalue weighted by atomic mass is 16.6. The zero-order valence-corrected chi connectivity index (χ0v) is 20.5. The molecule has 1 heterocycles. The van der Waals surface area contributed by atoms with E-state index in [1.165, 1.54) is 31.4 Å². The average molecular weight is 517 g/mol. The van der Waals surface area contributed by atoms with Gasteiger partial charge in [0.2, 0.25) is 0 Å². The van der Waals surface area contributed by atoms with Crippen LogP contribution < -0.4 is 10.1 Å². The molecule has 0 fully saturated rings. The lowest BCUT2D eigenvalue weighted by Crippen LogP contribution is -2.47. The summed E-state index contributed by atoms with van der Waals surface area (Å²) in [5, 5.41) is 13.7. The van der Waals surface area contributed by atoms with Crippen LogP contribution in [0.25, 0.3) is 0 Å². The molecule has 1 aliphatic heterocycles. The van der Waals surface area contributed by atoms with E-state index in [2.05, 4.69) is 5.32 Å². The number of nitro groups is 1. The van der Waals surface area contributed by atoms with Gasteiger partial charge in [-0.05, 0) is 30.2 Å². The van der Waals surface area contributed by atoms with E-state index >= 15 is 0 Å². The summed E-state index contributed by atoms with van der Waals surface area (Å²) in [5.41, 5.74) is 1.41. The Morgan fingerprint density at radius 2 is 1.61 bits per heavy atom. The number of aryl methyl sites for hydroxylation is 1. The van der Waals surface area contributed by atoms with Crippen LogP contribution in [0.2, 0.25) is 0 Å². The Morgan fingerprint density at radius 1 is 1.00 bits per heavy atom. The van der Waals surface area contributed by atoms with E-state index in [1.54, 1.807) is 49.4 Å². The van der Waals surface area contributed by atoms with Crippen LogP contribution in [0.1, 0.15) is 31.8 Å². The first-order chi connectivity index (χ1) is 18.2. The van der Waals surface area contributed by atoms with E-state index in [0.717, 1.165) is 4.90 Å². The van der Waals surface area contributed by atoms with Crippen molar-refractivity contribution >= 4 is 35.1 Å². The Kier molecular flexibility index (Phi) is 7.47. The lowest BCUT2D eigenvalue weighted by Gasteiger charge is -2.24. The van der Waals surface area contributed by atoms with Gasteiger partial charge in [0.1, 0.15) is 6.04 Å². The van der Waals surface area contributed by atoms with Crippen molar-refractivity contribution in [1.29, 1.82) is 0 Å². The molecule has 1 aliphatic rings. The third-order valence-electron chi connectivity index (χ3n) is 6.02. The lowest BCUT2D eigenvalue weighted by molar-refractivity contribution is -0.385. The van der Waals surface area contributed by atoms with Crippen LogP contribution in [0.4, 0.5) is 11.4 Å². The van der Waals surface area contributed by atoms with Gasteiger partial charge in [-0.1, -0.05) is 42.5 Å². The Hall–Kier alpha value is -5.06. The summed E-state index contributed by atoms with van der Waals surface area (Å²) >= 11 is 0. The van der Waals surface area contributed by atoms with Crippen molar-refractivity contribution in [2.75, 3.05) is 19.0 Å². The van der Waals surface area contributed by atoms with E-state index in [0.29, 0.717) is 11.1 Å². The van der Waals surface area contributed by atoms with Crippen LogP contribution >= 0.6 is 0 Å². The van der Waals surface area contributed by atoms with Gasteiger partial charge in [-0.3, -0.25) is 29.4 Å². The van der Waals surface area contributed by atoms with Gasteiger partial charge in [0.25, 0.3) is 17.7 Å². The van der Waals surface area contributed by atoms with Gasteiger partial charge in [-0.15, -0.1) is 0 Å². The second-order valence-electron chi connectivity index (χ2n) is 8.48. The minimum Gasteiger partial charge on any atom is -0.490 e. The molecule has 0 spiro atoms. The number of hydrogen-bond acceptors (Lipinski definition) is 8. The maximum Gasteiger partial charge on any atom is 0.330 e. The fraction of sp³-hybridized carbons (Fsp3) is 0.185. The van der Waals surface area contributed by atoms with Crippen molar-refractivity contribution in [1.82, 2.24) is 4.90 Å². The average Bonchev–Trinajstić information content (AvgIpc) is 3.17. The van der Waals surface area contributed by atoms with E-state index in [4.69, 9.17) is 9.47 Å². The molecule has 0 aromatic heterocycles. The summed E-state index contributed by atoms with van der Waals surface area (Å²) in [6.07, 6.45) is -0.00851. The summed E-state index contributed by atoms with van der Waals surface area (Å²) in [6, 6.07) is 16.3. The zero-order chi connectivity index (χ0) is 27.4.